The van der Waals surface area contributed by atoms with E-state index >= 15 is 0 Å². The van der Waals surface area contributed by atoms with Gasteiger partial charge in [0.05, 0.1) is 13.0 Å². The monoisotopic (exact) mass is 252 g/mol. The van der Waals surface area contributed by atoms with E-state index in [4.69, 9.17) is 9.84 Å². The Morgan fingerprint density at radius 3 is 2.44 bits per heavy atom. The molecule has 0 aromatic heterocycles. The Morgan fingerprint density at radius 2 is 1.94 bits per heavy atom. The standard InChI is InChI=1S/C13H13FO4/c1-2-18-13(17)10(8-12(15)16)7-9-3-5-11(14)6-4-9/h3-7H,2,8H2,1H3,(H,15,16)/b10-7-. The Labute approximate surface area is 104 Å². The molecule has 0 amide bonds. The maximum atomic E-state index is 12.7. The molecule has 0 atom stereocenters. The van der Waals surface area contributed by atoms with Gasteiger partial charge in [-0.25, -0.2) is 9.18 Å². The van der Waals surface area contributed by atoms with Gasteiger partial charge < -0.3 is 9.84 Å². The molecular weight excluding hydrogens is 239 g/mol. The van der Waals surface area contributed by atoms with E-state index in [1.165, 1.54) is 30.3 Å². The van der Waals surface area contributed by atoms with E-state index in [0.717, 1.165) is 0 Å². The molecule has 0 aliphatic heterocycles. The quantitative estimate of drug-likeness (QED) is 0.644. The molecule has 0 unspecified atom stereocenters. The third-order valence-electron chi connectivity index (χ3n) is 2.09. The highest BCUT2D eigenvalue weighted by Crippen LogP contribution is 2.12. The molecule has 5 heteroatoms. The molecule has 18 heavy (non-hydrogen) atoms. The number of hydrogen-bond acceptors (Lipinski definition) is 3. The van der Waals surface area contributed by atoms with Gasteiger partial charge in [-0.2, -0.15) is 0 Å². The maximum absolute atomic E-state index is 12.7. The minimum Gasteiger partial charge on any atom is -0.481 e. The summed E-state index contributed by atoms with van der Waals surface area (Å²) in [6.07, 6.45) is 0.946. The van der Waals surface area contributed by atoms with Crippen LogP contribution in [0.1, 0.15) is 18.9 Å². The summed E-state index contributed by atoms with van der Waals surface area (Å²) in [7, 11) is 0. The number of rotatable bonds is 5. The lowest BCUT2D eigenvalue weighted by Gasteiger charge is -2.04. The van der Waals surface area contributed by atoms with E-state index in [1.54, 1.807) is 6.92 Å². The summed E-state index contributed by atoms with van der Waals surface area (Å²) in [5, 5.41) is 8.71. The van der Waals surface area contributed by atoms with Crippen molar-refractivity contribution < 1.29 is 23.8 Å². The lowest BCUT2D eigenvalue weighted by Crippen LogP contribution is -2.11. The fraction of sp³-hybridized carbons (Fsp3) is 0.231. The molecule has 0 spiro atoms. The van der Waals surface area contributed by atoms with Crippen LogP contribution >= 0.6 is 0 Å². The summed E-state index contributed by atoms with van der Waals surface area (Å²) in [6.45, 7) is 1.80. The summed E-state index contributed by atoms with van der Waals surface area (Å²) in [4.78, 5) is 22.2. The number of benzene rings is 1. The number of carboxylic acids is 1. The molecule has 1 rings (SSSR count). The van der Waals surface area contributed by atoms with Crippen molar-refractivity contribution in [3.8, 4) is 0 Å². The second-order valence-corrected chi connectivity index (χ2v) is 3.51. The molecule has 0 aliphatic rings. The van der Waals surface area contributed by atoms with Gasteiger partial charge in [-0.3, -0.25) is 4.79 Å². The van der Waals surface area contributed by atoms with E-state index in [-0.39, 0.29) is 12.2 Å². The molecule has 1 aromatic rings. The van der Waals surface area contributed by atoms with Crippen LogP contribution in [-0.4, -0.2) is 23.7 Å². The molecule has 96 valence electrons. The molecule has 0 bridgehead atoms. The first-order chi connectivity index (χ1) is 8.52. The first kappa shape index (κ1) is 13.9. The molecule has 0 saturated heterocycles. The third kappa shape index (κ3) is 4.37. The lowest BCUT2D eigenvalue weighted by molar-refractivity contribution is -0.142. The molecule has 4 nitrogen and oxygen atoms in total. The van der Waals surface area contributed by atoms with Crippen molar-refractivity contribution in [1.82, 2.24) is 0 Å². The average Bonchev–Trinajstić information content (AvgIpc) is 2.31. The molecule has 0 radical (unpaired) electrons. The summed E-state index contributed by atoms with van der Waals surface area (Å²) < 4.78 is 17.5. The van der Waals surface area contributed by atoms with Crippen LogP contribution < -0.4 is 0 Å². The van der Waals surface area contributed by atoms with Gasteiger partial charge in [0, 0.05) is 5.57 Å². The molecule has 1 aromatic carbocycles. The number of carboxylic acid groups (broad SMARTS) is 1. The Morgan fingerprint density at radius 1 is 1.33 bits per heavy atom. The average molecular weight is 252 g/mol. The number of ether oxygens (including phenoxy) is 1. The molecule has 0 fully saturated rings. The largest absolute Gasteiger partial charge is 0.481 e. The van der Waals surface area contributed by atoms with Crippen LogP contribution in [0.5, 0.6) is 0 Å². The number of aliphatic carboxylic acids is 1. The van der Waals surface area contributed by atoms with Gasteiger partial charge in [-0.05, 0) is 30.7 Å². The predicted octanol–water partition coefficient (Wildman–Crippen LogP) is 2.25. The summed E-state index contributed by atoms with van der Waals surface area (Å²) >= 11 is 0. The lowest BCUT2D eigenvalue weighted by atomic mass is 10.1. The van der Waals surface area contributed by atoms with E-state index < -0.39 is 24.2 Å². The van der Waals surface area contributed by atoms with Crippen molar-refractivity contribution in [2.45, 2.75) is 13.3 Å². The van der Waals surface area contributed by atoms with Crippen LogP contribution in [0, 0.1) is 5.82 Å². The number of esters is 1. The normalized spacial score (nSPS) is 11.1. The highest BCUT2D eigenvalue weighted by molar-refractivity contribution is 5.97. The minimum atomic E-state index is -1.13. The van der Waals surface area contributed by atoms with Crippen LogP contribution in [-0.2, 0) is 14.3 Å². The second kappa shape index (κ2) is 6.54. The van der Waals surface area contributed by atoms with Crippen LogP contribution in [0.15, 0.2) is 29.8 Å². The highest BCUT2D eigenvalue weighted by Gasteiger charge is 2.14. The van der Waals surface area contributed by atoms with Crippen LogP contribution in [0.2, 0.25) is 0 Å². The van der Waals surface area contributed by atoms with E-state index in [9.17, 15) is 14.0 Å². The van der Waals surface area contributed by atoms with E-state index in [2.05, 4.69) is 0 Å². The number of halogens is 1. The van der Waals surface area contributed by atoms with Crippen molar-refractivity contribution in [3.63, 3.8) is 0 Å². The van der Waals surface area contributed by atoms with Crippen LogP contribution in [0.3, 0.4) is 0 Å². The Bertz CT molecular complexity index is 462. The van der Waals surface area contributed by atoms with E-state index in [0.29, 0.717) is 5.56 Å². The molecule has 0 saturated carbocycles. The van der Waals surface area contributed by atoms with Gasteiger partial charge in [0.15, 0.2) is 0 Å². The number of carbonyl (C=O) groups is 2. The zero-order valence-corrected chi connectivity index (χ0v) is 9.85. The molecular formula is C13H13FO4. The van der Waals surface area contributed by atoms with Gasteiger partial charge in [0.2, 0.25) is 0 Å². The fourth-order valence-corrected chi connectivity index (χ4v) is 1.33. The molecule has 0 aliphatic carbocycles. The van der Waals surface area contributed by atoms with Gasteiger partial charge >= 0.3 is 11.9 Å². The van der Waals surface area contributed by atoms with Gasteiger partial charge in [-0.15, -0.1) is 0 Å². The summed E-state index contributed by atoms with van der Waals surface area (Å²) in [5.74, 6) is -2.20. The van der Waals surface area contributed by atoms with Crippen molar-refractivity contribution in [2.75, 3.05) is 6.61 Å². The second-order valence-electron chi connectivity index (χ2n) is 3.51. The SMILES string of the molecule is CCOC(=O)/C(=C\c1ccc(F)cc1)CC(=O)O. The minimum absolute atomic E-state index is 0.0240. The van der Waals surface area contributed by atoms with Gasteiger partial charge in [0.1, 0.15) is 5.82 Å². The third-order valence-corrected chi connectivity index (χ3v) is 2.09. The van der Waals surface area contributed by atoms with E-state index in [1.807, 2.05) is 0 Å². The number of carbonyl (C=O) groups excluding carboxylic acids is 1. The topological polar surface area (TPSA) is 63.6 Å². The zero-order chi connectivity index (χ0) is 13.5. The summed E-state index contributed by atoms with van der Waals surface area (Å²) in [6, 6.07) is 5.37. The fourth-order valence-electron chi connectivity index (χ4n) is 1.33. The maximum Gasteiger partial charge on any atom is 0.334 e. The zero-order valence-electron chi connectivity index (χ0n) is 9.85. The Balaban J connectivity index is 2.97. The van der Waals surface area contributed by atoms with Crippen molar-refractivity contribution in [3.05, 3.63) is 41.2 Å². The number of hydrogen-bond donors (Lipinski definition) is 1. The van der Waals surface area contributed by atoms with Crippen molar-refractivity contribution in [1.29, 1.82) is 0 Å². The first-order valence-corrected chi connectivity index (χ1v) is 5.38. The van der Waals surface area contributed by atoms with Crippen molar-refractivity contribution >= 4 is 18.0 Å². The molecule has 0 heterocycles. The smallest absolute Gasteiger partial charge is 0.334 e. The Hall–Kier alpha value is -2.17. The molecule has 1 N–H and O–H groups in total. The Kier molecular flexibility index (Phi) is 5.05. The van der Waals surface area contributed by atoms with Crippen LogP contribution in [0.25, 0.3) is 6.08 Å². The predicted molar refractivity (Wildman–Crippen MR) is 63.3 cm³/mol. The highest BCUT2D eigenvalue weighted by atomic mass is 19.1. The van der Waals surface area contributed by atoms with Crippen molar-refractivity contribution in [2.24, 2.45) is 0 Å². The summed E-state index contributed by atoms with van der Waals surface area (Å²) in [5.41, 5.74) is 0.566. The van der Waals surface area contributed by atoms with Crippen LogP contribution in [0.4, 0.5) is 4.39 Å². The van der Waals surface area contributed by atoms with Gasteiger partial charge in [0.25, 0.3) is 0 Å². The van der Waals surface area contributed by atoms with Gasteiger partial charge in [-0.1, -0.05) is 12.1 Å². The first-order valence-electron chi connectivity index (χ1n) is 5.38.